The molecule has 4 atom stereocenters. The topological polar surface area (TPSA) is 119 Å². The van der Waals surface area contributed by atoms with E-state index in [0.29, 0.717) is 27.0 Å². The zero-order chi connectivity index (χ0) is 30.7. The number of para-hydroxylation sites is 1. The van der Waals surface area contributed by atoms with Crippen molar-refractivity contribution in [2.24, 2.45) is 5.92 Å². The normalized spacial score (nSPS) is 22.6. The fourth-order valence-electron chi connectivity index (χ4n) is 7.11. The number of amides is 1. The molecule has 3 heterocycles. The Morgan fingerprint density at radius 3 is 2.48 bits per heavy atom. The minimum atomic E-state index is -1.54. The Kier molecular flexibility index (Phi) is 6.47. The molecule has 4 aromatic carbocycles. The number of carbonyl (C=O) groups excluding carboxylic acids is 3. The molecule has 1 N–H and O–H groups in total. The Balaban J connectivity index is 1.52. The smallest absolute Gasteiger partial charge is 0.270 e. The molecule has 10 heteroatoms. The van der Waals surface area contributed by atoms with Crippen molar-refractivity contribution in [1.82, 2.24) is 4.90 Å². The van der Waals surface area contributed by atoms with Gasteiger partial charge in [0.25, 0.3) is 5.69 Å². The number of Topliss-reactive ketones (excluding diaryl/α,β-unsaturated/α-hetero) is 2. The number of carbonyl (C=O) groups is 3. The molecule has 1 spiro atoms. The number of nitrogens with zero attached hydrogens (tertiary/aromatic N) is 2. The fourth-order valence-corrected chi connectivity index (χ4v) is 7.65. The van der Waals surface area contributed by atoms with Crippen LogP contribution in [0.25, 0.3) is 6.08 Å². The lowest BCUT2D eigenvalue weighted by Gasteiger charge is -2.38. The zero-order valence-electron chi connectivity index (χ0n) is 23.3. The van der Waals surface area contributed by atoms with Crippen LogP contribution < -0.4 is 10.1 Å². The highest BCUT2D eigenvalue weighted by molar-refractivity contribution is 9.10. The van der Waals surface area contributed by atoms with Crippen LogP contribution in [0.15, 0.2) is 102 Å². The molecule has 0 unspecified atom stereocenters. The molecule has 1 fully saturated rings. The number of nitro groups is 1. The van der Waals surface area contributed by atoms with Crippen LogP contribution in [0.5, 0.6) is 5.75 Å². The van der Waals surface area contributed by atoms with Gasteiger partial charge >= 0.3 is 0 Å². The maximum absolute atomic E-state index is 14.9. The number of hydrogen-bond donors (Lipinski definition) is 1. The Morgan fingerprint density at radius 2 is 1.70 bits per heavy atom. The summed E-state index contributed by atoms with van der Waals surface area (Å²) in [6, 6.07) is 23.3. The molecule has 0 aliphatic carbocycles. The van der Waals surface area contributed by atoms with Gasteiger partial charge in [0.1, 0.15) is 17.2 Å². The maximum atomic E-state index is 14.9. The van der Waals surface area contributed by atoms with E-state index in [4.69, 9.17) is 4.74 Å². The first-order valence-electron chi connectivity index (χ1n) is 13.9. The molecule has 1 saturated heterocycles. The summed E-state index contributed by atoms with van der Waals surface area (Å²) in [5.74, 6) is -2.04. The first kappa shape index (κ1) is 27.7. The van der Waals surface area contributed by atoms with Crippen molar-refractivity contribution in [2.75, 3.05) is 12.4 Å². The average Bonchev–Trinajstić information content (AvgIpc) is 3.52. The van der Waals surface area contributed by atoms with Crippen LogP contribution in [0.1, 0.15) is 43.4 Å². The van der Waals surface area contributed by atoms with E-state index in [-0.39, 0.29) is 17.0 Å². The van der Waals surface area contributed by atoms with E-state index in [2.05, 4.69) is 21.2 Å². The van der Waals surface area contributed by atoms with Gasteiger partial charge in [0.15, 0.2) is 11.6 Å². The molecule has 0 aromatic heterocycles. The van der Waals surface area contributed by atoms with Crippen molar-refractivity contribution in [3.05, 3.63) is 140 Å². The van der Waals surface area contributed by atoms with E-state index in [9.17, 15) is 24.5 Å². The predicted octanol–water partition coefficient (Wildman–Crippen LogP) is 6.35. The van der Waals surface area contributed by atoms with E-state index in [1.807, 2.05) is 41.3 Å². The monoisotopic (exact) mass is 649 g/mol. The van der Waals surface area contributed by atoms with Gasteiger partial charge in [0.2, 0.25) is 5.91 Å². The van der Waals surface area contributed by atoms with Crippen LogP contribution in [0.4, 0.5) is 11.4 Å². The predicted molar refractivity (Wildman–Crippen MR) is 167 cm³/mol. The third kappa shape index (κ3) is 3.87. The minimum absolute atomic E-state index is 0.0478. The Morgan fingerprint density at radius 1 is 0.955 bits per heavy atom. The van der Waals surface area contributed by atoms with Crippen molar-refractivity contribution in [3.63, 3.8) is 0 Å². The van der Waals surface area contributed by atoms with Crippen molar-refractivity contribution in [1.29, 1.82) is 0 Å². The molecular weight excluding hydrogens is 626 g/mol. The summed E-state index contributed by atoms with van der Waals surface area (Å²) in [7, 11) is 1.52. The molecule has 1 amide bonds. The van der Waals surface area contributed by atoms with E-state index in [1.165, 1.54) is 31.4 Å². The zero-order valence-corrected chi connectivity index (χ0v) is 24.9. The number of rotatable bonds is 6. The van der Waals surface area contributed by atoms with Crippen LogP contribution in [0, 0.1) is 16.0 Å². The molecule has 9 nitrogen and oxygen atoms in total. The summed E-state index contributed by atoms with van der Waals surface area (Å²) >= 11 is 3.47. The van der Waals surface area contributed by atoms with Gasteiger partial charge < -0.3 is 15.0 Å². The number of benzene rings is 4. The van der Waals surface area contributed by atoms with Crippen LogP contribution in [-0.2, 0) is 10.2 Å². The summed E-state index contributed by atoms with van der Waals surface area (Å²) in [5, 5.41) is 14.7. The number of halogens is 1. The summed E-state index contributed by atoms with van der Waals surface area (Å²) in [4.78, 5) is 57.1. The first-order chi connectivity index (χ1) is 21.3. The molecule has 7 rings (SSSR count). The third-order valence-corrected chi connectivity index (χ3v) is 9.52. The van der Waals surface area contributed by atoms with Crippen LogP contribution in [-0.4, -0.2) is 40.4 Å². The van der Waals surface area contributed by atoms with E-state index in [0.717, 1.165) is 11.1 Å². The average molecular weight is 650 g/mol. The lowest BCUT2D eigenvalue weighted by molar-refractivity contribution is -0.384. The van der Waals surface area contributed by atoms with Gasteiger partial charge in [-0.3, -0.25) is 24.5 Å². The van der Waals surface area contributed by atoms with Gasteiger partial charge in [-0.15, -0.1) is 0 Å². The molecule has 4 aromatic rings. The largest absolute Gasteiger partial charge is 0.496 e. The molecule has 3 aliphatic rings. The molecule has 0 bridgehead atoms. The van der Waals surface area contributed by atoms with Gasteiger partial charge in [0.05, 0.1) is 28.5 Å². The van der Waals surface area contributed by atoms with E-state index < -0.39 is 40.0 Å². The Labute approximate surface area is 260 Å². The first-order valence-corrected chi connectivity index (χ1v) is 14.7. The number of nitrogens with one attached hydrogen (secondary N) is 1. The second kappa shape index (κ2) is 10.3. The van der Waals surface area contributed by atoms with Crippen molar-refractivity contribution >= 4 is 50.9 Å². The summed E-state index contributed by atoms with van der Waals surface area (Å²) < 4.78 is 5.92. The molecule has 3 aliphatic heterocycles. The van der Waals surface area contributed by atoms with Gasteiger partial charge in [0, 0.05) is 35.1 Å². The summed E-state index contributed by atoms with van der Waals surface area (Å²) in [6.07, 6.45) is 3.66. The lowest BCUT2D eigenvalue weighted by Crippen LogP contribution is -2.49. The molecule has 218 valence electrons. The maximum Gasteiger partial charge on any atom is 0.270 e. The molecule has 0 radical (unpaired) electrons. The van der Waals surface area contributed by atoms with E-state index in [1.54, 1.807) is 42.6 Å². The second-order valence-corrected chi connectivity index (χ2v) is 11.8. The second-order valence-electron chi connectivity index (χ2n) is 11.0. The molecule has 44 heavy (non-hydrogen) atoms. The fraction of sp³-hybridized carbons (Fsp3) is 0.147. The number of fused-ring (bicyclic) bond motifs is 6. The number of anilines is 1. The number of methoxy groups -OCH3 is 1. The van der Waals surface area contributed by atoms with Gasteiger partial charge in [-0.25, -0.2) is 0 Å². The number of hydrogen-bond acceptors (Lipinski definition) is 7. The number of non-ortho nitro benzene ring substituents is 1. The standard InChI is InChI=1S/C34H24BrN3O6/c1-44-27-14-13-21(18-25(27)35)31(40)29-28(30(39)20-8-6-9-22(17-20)38(42)43)34(24-11-4-5-12-26(24)36-33(34)41)32-23-10-3-2-7-19(23)15-16-37(29)32/h2-18,28-29,32H,1H3,(H,36,41)/t28-,29+,32-,34+/m1/s1. The SMILES string of the molecule is COc1ccc(C(=O)[C@@H]2[C@H](C(=O)c3cccc([N+](=O)[O-])c3)[C@]3(C(=O)Nc4ccccc43)[C@H]3c4ccccc4C=CN23)cc1Br. The summed E-state index contributed by atoms with van der Waals surface area (Å²) in [5.41, 5.74) is 1.38. The Hall–Kier alpha value is -5.09. The number of ether oxygens (including phenoxy) is 1. The van der Waals surface area contributed by atoms with Gasteiger partial charge in [-0.1, -0.05) is 54.6 Å². The Bertz CT molecular complexity index is 1940. The van der Waals surface area contributed by atoms with E-state index >= 15 is 0 Å². The van der Waals surface area contributed by atoms with Crippen LogP contribution >= 0.6 is 15.9 Å². The van der Waals surface area contributed by atoms with Crippen LogP contribution in [0.2, 0.25) is 0 Å². The quantitative estimate of drug-likeness (QED) is 0.147. The van der Waals surface area contributed by atoms with Crippen molar-refractivity contribution < 1.29 is 24.0 Å². The van der Waals surface area contributed by atoms with Gasteiger partial charge in [-0.2, -0.15) is 0 Å². The molecule has 0 saturated carbocycles. The number of ketones is 2. The van der Waals surface area contributed by atoms with Gasteiger partial charge in [-0.05, 0) is 63.0 Å². The minimum Gasteiger partial charge on any atom is -0.496 e. The van der Waals surface area contributed by atoms with Crippen molar-refractivity contribution in [3.8, 4) is 5.75 Å². The van der Waals surface area contributed by atoms with Crippen LogP contribution in [0.3, 0.4) is 0 Å². The number of nitro benzene ring substituents is 1. The summed E-state index contributed by atoms with van der Waals surface area (Å²) in [6.45, 7) is 0. The molecular formula is C34H24BrN3O6. The third-order valence-electron chi connectivity index (χ3n) is 8.90. The highest BCUT2D eigenvalue weighted by Gasteiger charge is 2.70. The van der Waals surface area contributed by atoms with Crippen molar-refractivity contribution in [2.45, 2.75) is 17.5 Å². The highest BCUT2D eigenvalue weighted by Crippen LogP contribution is 2.62. The highest BCUT2D eigenvalue weighted by atomic mass is 79.9. The lowest BCUT2D eigenvalue weighted by atomic mass is 9.62.